The number of hydrogen-bond donors (Lipinski definition) is 2. The summed E-state index contributed by atoms with van der Waals surface area (Å²) in [6.45, 7) is 6.06. The Morgan fingerprint density at radius 2 is 2.00 bits per heavy atom. The summed E-state index contributed by atoms with van der Waals surface area (Å²) >= 11 is 0. The summed E-state index contributed by atoms with van der Waals surface area (Å²) in [4.78, 5) is 26.0. The molecule has 0 atom stereocenters. The second kappa shape index (κ2) is 8.68. The van der Waals surface area contributed by atoms with Crippen LogP contribution in [0, 0.1) is 5.92 Å². The van der Waals surface area contributed by atoms with Gasteiger partial charge in [-0.05, 0) is 57.0 Å². The van der Waals surface area contributed by atoms with Crippen LogP contribution in [0.5, 0.6) is 0 Å². The molecule has 24 heavy (non-hydrogen) atoms. The summed E-state index contributed by atoms with van der Waals surface area (Å²) in [6.07, 6.45) is 2.35. The predicted octanol–water partition coefficient (Wildman–Crippen LogP) is 2.04. The zero-order valence-corrected chi connectivity index (χ0v) is 14.5. The third kappa shape index (κ3) is 4.96. The predicted molar refractivity (Wildman–Crippen MR) is 94.7 cm³/mol. The molecule has 3 N–H and O–H groups in total. The molecular formula is C18H27N3O3. The van der Waals surface area contributed by atoms with Gasteiger partial charge in [-0.25, -0.2) is 0 Å². The summed E-state index contributed by atoms with van der Waals surface area (Å²) in [5.41, 5.74) is 8.45. The molecule has 0 saturated carbocycles. The third-order valence-electron chi connectivity index (χ3n) is 4.39. The second-order valence-corrected chi connectivity index (χ2v) is 6.12. The molecule has 1 aromatic rings. The Hall–Kier alpha value is -2.08. The van der Waals surface area contributed by atoms with Crippen LogP contribution in [-0.2, 0) is 20.7 Å². The highest BCUT2D eigenvalue weighted by atomic mass is 16.5. The van der Waals surface area contributed by atoms with E-state index in [0.717, 1.165) is 43.6 Å². The highest BCUT2D eigenvalue weighted by Crippen LogP contribution is 2.20. The van der Waals surface area contributed by atoms with Crippen LogP contribution in [0.2, 0.25) is 0 Å². The monoisotopic (exact) mass is 333 g/mol. The zero-order valence-electron chi connectivity index (χ0n) is 14.5. The quantitative estimate of drug-likeness (QED) is 0.615. The first-order chi connectivity index (χ1) is 11.5. The average molecular weight is 333 g/mol. The van der Waals surface area contributed by atoms with Gasteiger partial charge < -0.3 is 15.8 Å². The molecule has 1 aromatic carbocycles. The highest BCUT2D eigenvalue weighted by molar-refractivity contribution is 5.92. The summed E-state index contributed by atoms with van der Waals surface area (Å²) in [5.74, 6) is -0.216. The molecule has 132 valence electrons. The number of carbonyl (C=O) groups excluding carboxylic acids is 2. The minimum atomic E-state index is -0.118. The Labute approximate surface area is 143 Å². The number of anilines is 2. The molecule has 1 aliphatic heterocycles. The van der Waals surface area contributed by atoms with Crippen LogP contribution < -0.4 is 11.1 Å². The number of hydrogen-bond acceptors (Lipinski definition) is 5. The van der Waals surface area contributed by atoms with Gasteiger partial charge in [-0.15, -0.1) is 0 Å². The summed E-state index contributed by atoms with van der Waals surface area (Å²) < 4.78 is 5.06. The SMILES string of the molecule is CCOC(=O)C1CCN(CC(=O)Nc2ccc(CC)c(N)c2)CC1. The maximum Gasteiger partial charge on any atom is 0.309 e. The van der Waals surface area contributed by atoms with Gasteiger partial charge in [0.25, 0.3) is 0 Å². The molecule has 1 saturated heterocycles. The maximum atomic E-state index is 12.2. The topological polar surface area (TPSA) is 84.7 Å². The lowest BCUT2D eigenvalue weighted by atomic mass is 9.97. The number of nitrogens with zero attached hydrogens (tertiary/aromatic N) is 1. The normalized spacial score (nSPS) is 15.9. The standard InChI is InChI=1S/C18H27N3O3/c1-3-13-5-6-15(11-16(13)19)20-17(22)12-21-9-7-14(8-10-21)18(23)24-4-2/h5-6,11,14H,3-4,7-10,12,19H2,1-2H3,(H,20,22). The van der Waals surface area contributed by atoms with Crippen molar-refractivity contribution >= 4 is 23.3 Å². The lowest BCUT2D eigenvalue weighted by molar-refractivity contribution is -0.149. The number of amides is 1. The minimum absolute atomic E-state index is 0.0364. The van der Waals surface area contributed by atoms with Gasteiger partial charge in [-0.3, -0.25) is 14.5 Å². The van der Waals surface area contributed by atoms with Crippen LogP contribution >= 0.6 is 0 Å². The number of carbonyl (C=O) groups is 2. The van der Waals surface area contributed by atoms with Gasteiger partial charge in [0.1, 0.15) is 0 Å². The van der Waals surface area contributed by atoms with Crippen molar-refractivity contribution in [1.29, 1.82) is 0 Å². The molecule has 0 bridgehead atoms. The fraction of sp³-hybridized carbons (Fsp3) is 0.556. The van der Waals surface area contributed by atoms with Gasteiger partial charge in [0.15, 0.2) is 0 Å². The van der Waals surface area contributed by atoms with Crippen molar-refractivity contribution in [2.45, 2.75) is 33.1 Å². The molecule has 1 amide bonds. The van der Waals surface area contributed by atoms with Crippen LogP contribution in [0.1, 0.15) is 32.3 Å². The highest BCUT2D eigenvalue weighted by Gasteiger charge is 2.26. The van der Waals surface area contributed by atoms with E-state index in [9.17, 15) is 9.59 Å². The zero-order chi connectivity index (χ0) is 17.5. The van der Waals surface area contributed by atoms with Gasteiger partial charge in [0.2, 0.25) is 5.91 Å². The van der Waals surface area contributed by atoms with Crippen LogP contribution in [0.15, 0.2) is 18.2 Å². The number of likely N-dealkylation sites (tertiary alicyclic amines) is 1. The average Bonchev–Trinajstić information content (AvgIpc) is 2.56. The van der Waals surface area contributed by atoms with Gasteiger partial charge in [-0.2, -0.15) is 0 Å². The van der Waals surface area contributed by atoms with Crippen molar-refractivity contribution in [1.82, 2.24) is 4.90 Å². The first kappa shape index (κ1) is 18.3. The molecule has 0 spiro atoms. The molecule has 1 fully saturated rings. The van der Waals surface area contributed by atoms with Gasteiger partial charge in [-0.1, -0.05) is 13.0 Å². The van der Waals surface area contributed by atoms with E-state index in [1.54, 1.807) is 6.07 Å². The van der Waals surface area contributed by atoms with E-state index in [1.807, 2.05) is 26.0 Å². The van der Waals surface area contributed by atoms with E-state index in [0.29, 0.717) is 18.8 Å². The summed E-state index contributed by atoms with van der Waals surface area (Å²) in [7, 11) is 0. The molecule has 0 aromatic heterocycles. The van der Waals surface area contributed by atoms with Gasteiger partial charge in [0.05, 0.1) is 19.1 Å². The molecule has 1 aliphatic rings. The van der Waals surface area contributed by atoms with Crippen molar-refractivity contribution in [3.05, 3.63) is 23.8 Å². The Balaban J connectivity index is 1.79. The van der Waals surface area contributed by atoms with E-state index < -0.39 is 0 Å². The van der Waals surface area contributed by atoms with Crippen molar-refractivity contribution in [3.63, 3.8) is 0 Å². The summed E-state index contributed by atoms with van der Waals surface area (Å²) in [6, 6.07) is 5.61. The largest absolute Gasteiger partial charge is 0.466 e. The molecular weight excluding hydrogens is 306 g/mol. The van der Waals surface area contributed by atoms with E-state index in [2.05, 4.69) is 10.2 Å². The first-order valence-electron chi connectivity index (χ1n) is 8.60. The molecule has 6 nitrogen and oxygen atoms in total. The third-order valence-corrected chi connectivity index (χ3v) is 4.39. The minimum Gasteiger partial charge on any atom is -0.466 e. The lowest BCUT2D eigenvalue weighted by Crippen LogP contribution is -2.41. The number of benzene rings is 1. The summed E-state index contributed by atoms with van der Waals surface area (Å²) in [5, 5.41) is 2.88. The fourth-order valence-electron chi connectivity index (χ4n) is 2.99. The van der Waals surface area contributed by atoms with E-state index in [1.165, 1.54) is 0 Å². The van der Waals surface area contributed by atoms with E-state index in [4.69, 9.17) is 10.5 Å². The number of piperidine rings is 1. The number of nitrogen functional groups attached to an aromatic ring is 1. The molecule has 0 radical (unpaired) electrons. The molecule has 1 heterocycles. The van der Waals surface area contributed by atoms with Crippen molar-refractivity contribution in [2.75, 3.05) is 37.3 Å². The Morgan fingerprint density at radius 3 is 2.58 bits per heavy atom. The van der Waals surface area contributed by atoms with E-state index >= 15 is 0 Å². The number of ether oxygens (including phenoxy) is 1. The van der Waals surface area contributed by atoms with Crippen molar-refractivity contribution < 1.29 is 14.3 Å². The molecule has 6 heteroatoms. The lowest BCUT2D eigenvalue weighted by Gasteiger charge is -2.30. The van der Waals surface area contributed by atoms with Crippen molar-refractivity contribution in [2.24, 2.45) is 5.92 Å². The first-order valence-corrected chi connectivity index (χ1v) is 8.60. The molecule has 0 aliphatic carbocycles. The Morgan fingerprint density at radius 1 is 1.29 bits per heavy atom. The van der Waals surface area contributed by atoms with Crippen LogP contribution in [0.4, 0.5) is 11.4 Å². The molecule has 2 rings (SSSR count). The second-order valence-electron chi connectivity index (χ2n) is 6.12. The van der Waals surface area contributed by atoms with Crippen LogP contribution in [-0.4, -0.2) is 43.0 Å². The smallest absolute Gasteiger partial charge is 0.309 e. The number of nitrogens with one attached hydrogen (secondary N) is 1. The Kier molecular flexibility index (Phi) is 6.61. The number of nitrogens with two attached hydrogens (primary N) is 1. The van der Waals surface area contributed by atoms with Crippen LogP contribution in [0.3, 0.4) is 0 Å². The van der Waals surface area contributed by atoms with Crippen molar-refractivity contribution in [3.8, 4) is 0 Å². The van der Waals surface area contributed by atoms with Crippen LogP contribution in [0.25, 0.3) is 0 Å². The number of aryl methyl sites for hydroxylation is 1. The van der Waals surface area contributed by atoms with E-state index in [-0.39, 0.29) is 17.8 Å². The Bertz CT molecular complexity index is 581. The van der Waals surface area contributed by atoms with Gasteiger partial charge >= 0.3 is 5.97 Å². The maximum absolute atomic E-state index is 12.2. The number of rotatable bonds is 6. The van der Waals surface area contributed by atoms with Gasteiger partial charge in [0, 0.05) is 11.4 Å². The number of esters is 1. The molecule has 0 unspecified atom stereocenters. The fourth-order valence-corrected chi connectivity index (χ4v) is 2.99.